The lowest BCUT2D eigenvalue weighted by Gasteiger charge is -2.02. The number of carboxylic acid groups (broad SMARTS) is 1. The van der Waals surface area contributed by atoms with Crippen LogP contribution in [0.15, 0.2) is 28.8 Å². The van der Waals surface area contributed by atoms with Gasteiger partial charge in [-0.1, -0.05) is 36.3 Å². The van der Waals surface area contributed by atoms with Crippen LogP contribution in [0.5, 0.6) is 0 Å². The third-order valence-corrected chi connectivity index (χ3v) is 3.20. The van der Waals surface area contributed by atoms with Gasteiger partial charge in [-0.25, -0.2) is 0 Å². The fourth-order valence-electron chi connectivity index (χ4n) is 2.03. The van der Waals surface area contributed by atoms with Crippen molar-refractivity contribution in [1.82, 2.24) is 5.16 Å². The van der Waals surface area contributed by atoms with Crippen LogP contribution in [-0.2, 0) is 17.6 Å². The molecule has 0 saturated heterocycles. The number of aliphatic carboxylic acids is 1. The van der Waals surface area contributed by atoms with Gasteiger partial charge in [0.25, 0.3) is 0 Å². The summed E-state index contributed by atoms with van der Waals surface area (Å²) < 4.78 is 5.34. The van der Waals surface area contributed by atoms with Crippen molar-refractivity contribution >= 4 is 5.97 Å². The Bertz CT molecular complexity index is 570. The van der Waals surface area contributed by atoms with Crippen LogP contribution in [0.4, 0.5) is 0 Å². The number of rotatable bonds is 5. The van der Waals surface area contributed by atoms with Crippen molar-refractivity contribution in [3.63, 3.8) is 0 Å². The Morgan fingerprint density at radius 3 is 2.58 bits per heavy atom. The first-order valence-electron chi connectivity index (χ1n) is 6.38. The zero-order chi connectivity index (χ0) is 13.8. The van der Waals surface area contributed by atoms with Crippen molar-refractivity contribution in [2.45, 2.75) is 33.1 Å². The smallest absolute Gasteiger partial charge is 0.303 e. The van der Waals surface area contributed by atoms with Gasteiger partial charge in [-0.3, -0.25) is 4.79 Å². The zero-order valence-electron chi connectivity index (χ0n) is 11.1. The van der Waals surface area contributed by atoms with Crippen LogP contribution < -0.4 is 0 Å². The SMILES string of the molecule is CCc1ccc(-c2onc(C)c2CCC(=O)O)cc1. The molecule has 0 aliphatic heterocycles. The highest BCUT2D eigenvalue weighted by Crippen LogP contribution is 2.27. The Balaban J connectivity index is 2.30. The molecule has 0 aliphatic rings. The summed E-state index contributed by atoms with van der Waals surface area (Å²) in [5, 5.41) is 12.7. The summed E-state index contributed by atoms with van der Waals surface area (Å²) in [6.45, 7) is 3.94. The van der Waals surface area contributed by atoms with Gasteiger partial charge in [0.1, 0.15) is 0 Å². The standard InChI is InChI=1S/C15H17NO3/c1-3-11-4-6-12(7-5-11)15-13(8-9-14(17)18)10(2)16-19-15/h4-7H,3,8-9H2,1-2H3,(H,17,18). The molecule has 0 radical (unpaired) electrons. The fourth-order valence-corrected chi connectivity index (χ4v) is 2.03. The van der Waals surface area contributed by atoms with Crippen molar-refractivity contribution in [2.24, 2.45) is 0 Å². The summed E-state index contributed by atoms with van der Waals surface area (Å²) in [5.74, 6) is -0.130. The van der Waals surface area contributed by atoms with E-state index in [-0.39, 0.29) is 6.42 Å². The van der Waals surface area contributed by atoms with E-state index in [0.29, 0.717) is 12.2 Å². The number of aromatic nitrogens is 1. The largest absolute Gasteiger partial charge is 0.481 e. The second kappa shape index (κ2) is 5.69. The van der Waals surface area contributed by atoms with Crippen molar-refractivity contribution in [2.75, 3.05) is 0 Å². The number of hydrogen-bond donors (Lipinski definition) is 1. The molecule has 1 heterocycles. The lowest BCUT2D eigenvalue weighted by molar-refractivity contribution is -0.136. The Hall–Kier alpha value is -2.10. The Morgan fingerprint density at radius 1 is 1.32 bits per heavy atom. The summed E-state index contributed by atoms with van der Waals surface area (Å²) in [6, 6.07) is 8.08. The van der Waals surface area contributed by atoms with Gasteiger partial charge in [-0.05, 0) is 25.3 Å². The third-order valence-electron chi connectivity index (χ3n) is 3.20. The highest BCUT2D eigenvalue weighted by atomic mass is 16.5. The molecule has 0 bridgehead atoms. The topological polar surface area (TPSA) is 63.3 Å². The van der Waals surface area contributed by atoms with Crippen LogP contribution in [-0.4, -0.2) is 16.2 Å². The quantitative estimate of drug-likeness (QED) is 0.895. The Kier molecular flexibility index (Phi) is 4.00. The second-order valence-electron chi connectivity index (χ2n) is 4.52. The number of aryl methyl sites for hydroxylation is 2. The lowest BCUT2D eigenvalue weighted by Crippen LogP contribution is -1.99. The minimum absolute atomic E-state index is 0.0854. The number of carboxylic acids is 1. The highest BCUT2D eigenvalue weighted by molar-refractivity contribution is 5.68. The number of hydrogen-bond acceptors (Lipinski definition) is 3. The van der Waals surface area contributed by atoms with E-state index >= 15 is 0 Å². The fraction of sp³-hybridized carbons (Fsp3) is 0.333. The van der Waals surface area contributed by atoms with E-state index in [2.05, 4.69) is 12.1 Å². The van der Waals surface area contributed by atoms with Gasteiger partial charge in [0, 0.05) is 17.5 Å². The van der Waals surface area contributed by atoms with Gasteiger partial charge in [0.15, 0.2) is 5.76 Å². The second-order valence-corrected chi connectivity index (χ2v) is 4.52. The van der Waals surface area contributed by atoms with Gasteiger partial charge in [-0.2, -0.15) is 0 Å². The zero-order valence-corrected chi connectivity index (χ0v) is 11.1. The minimum Gasteiger partial charge on any atom is -0.481 e. The molecule has 0 unspecified atom stereocenters. The van der Waals surface area contributed by atoms with Gasteiger partial charge in [0.05, 0.1) is 5.69 Å². The first-order chi connectivity index (χ1) is 9.11. The molecule has 1 aromatic heterocycles. The Morgan fingerprint density at radius 2 is 2.00 bits per heavy atom. The summed E-state index contributed by atoms with van der Waals surface area (Å²) >= 11 is 0. The molecule has 100 valence electrons. The van der Waals surface area contributed by atoms with Crippen molar-refractivity contribution in [1.29, 1.82) is 0 Å². The molecule has 4 heteroatoms. The molecule has 0 fully saturated rings. The van der Waals surface area contributed by atoms with Crippen LogP contribution in [0.25, 0.3) is 11.3 Å². The maximum atomic E-state index is 10.7. The number of carbonyl (C=O) groups is 1. The average Bonchev–Trinajstić information content (AvgIpc) is 2.78. The molecule has 0 saturated carbocycles. The third kappa shape index (κ3) is 3.02. The molecule has 4 nitrogen and oxygen atoms in total. The van der Waals surface area contributed by atoms with E-state index in [1.54, 1.807) is 0 Å². The van der Waals surface area contributed by atoms with E-state index in [0.717, 1.165) is 23.2 Å². The van der Waals surface area contributed by atoms with Crippen molar-refractivity contribution < 1.29 is 14.4 Å². The normalized spacial score (nSPS) is 10.6. The summed E-state index contributed by atoms with van der Waals surface area (Å²) in [5.41, 5.74) is 3.84. The van der Waals surface area contributed by atoms with Crippen LogP contribution in [0, 0.1) is 6.92 Å². The summed E-state index contributed by atoms with van der Waals surface area (Å²) in [7, 11) is 0. The molecule has 0 amide bonds. The molecule has 2 aromatic rings. The van der Waals surface area contributed by atoms with E-state index in [1.165, 1.54) is 5.56 Å². The van der Waals surface area contributed by atoms with E-state index in [4.69, 9.17) is 9.63 Å². The predicted molar refractivity (Wildman–Crippen MR) is 72.0 cm³/mol. The molecule has 0 atom stereocenters. The van der Waals surface area contributed by atoms with Crippen molar-refractivity contribution in [3.8, 4) is 11.3 Å². The molecular weight excluding hydrogens is 242 g/mol. The number of benzene rings is 1. The molecule has 1 aromatic carbocycles. The summed E-state index contributed by atoms with van der Waals surface area (Å²) in [4.78, 5) is 10.7. The van der Waals surface area contributed by atoms with Crippen molar-refractivity contribution in [3.05, 3.63) is 41.1 Å². The first kappa shape index (κ1) is 13.3. The highest BCUT2D eigenvalue weighted by Gasteiger charge is 2.15. The van der Waals surface area contributed by atoms with Gasteiger partial charge >= 0.3 is 5.97 Å². The van der Waals surface area contributed by atoms with Gasteiger partial charge in [0.2, 0.25) is 0 Å². The molecule has 0 aliphatic carbocycles. The van der Waals surface area contributed by atoms with E-state index in [1.807, 2.05) is 31.2 Å². The molecule has 19 heavy (non-hydrogen) atoms. The first-order valence-corrected chi connectivity index (χ1v) is 6.38. The van der Waals surface area contributed by atoms with E-state index < -0.39 is 5.97 Å². The van der Waals surface area contributed by atoms with Gasteiger partial charge in [-0.15, -0.1) is 0 Å². The number of nitrogens with zero attached hydrogens (tertiary/aromatic N) is 1. The van der Waals surface area contributed by atoms with Crippen LogP contribution >= 0.6 is 0 Å². The maximum absolute atomic E-state index is 10.7. The minimum atomic E-state index is -0.812. The lowest BCUT2D eigenvalue weighted by atomic mass is 10.0. The van der Waals surface area contributed by atoms with Gasteiger partial charge < -0.3 is 9.63 Å². The van der Waals surface area contributed by atoms with E-state index in [9.17, 15) is 4.79 Å². The Labute approximate surface area is 112 Å². The maximum Gasteiger partial charge on any atom is 0.303 e. The molecular formula is C15H17NO3. The monoisotopic (exact) mass is 259 g/mol. The average molecular weight is 259 g/mol. The van der Waals surface area contributed by atoms with Crippen LogP contribution in [0.2, 0.25) is 0 Å². The molecule has 2 rings (SSSR count). The predicted octanol–water partition coefficient (Wildman–Crippen LogP) is 3.23. The molecule has 0 spiro atoms. The van der Waals surface area contributed by atoms with Crippen LogP contribution in [0.3, 0.4) is 0 Å². The van der Waals surface area contributed by atoms with Crippen LogP contribution in [0.1, 0.15) is 30.2 Å². The molecule has 1 N–H and O–H groups in total. The summed E-state index contributed by atoms with van der Waals surface area (Å²) in [6.07, 6.45) is 1.51.